The molecule has 1 saturated heterocycles. The highest BCUT2D eigenvalue weighted by molar-refractivity contribution is 6.51. The second-order valence-corrected chi connectivity index (χ2v) is 8.13. The molecule has 2 aliphatic rings. The van der Waals surface area contributed by atoms with Crippen LogP contribution in [-0.4, -0.2) is 28.4 Å². The number of carbonyl (C=O) groups excluding carboxylic acids is 2. The first-order valence-electron chi connectivity index (χ1n) is 10.5. The molecule has 1 aromatic heterocycles. The minimum Gasteiger partial charge on any atom is -0.507 e. The van der Waals surface area contributed by atoms with Crippen LogP contribution < -0.4 is 9.64 Å². The van der Waals surface area contributed by atoms with Crippen LogP contribution in [0.5, 0.6) is 5.75 Å². The molecule has 5 rings (SSSR count). The predicted molar refractivity (Wildman–Crippen MR) is 121 cm³/mol. The molecule has 1 unspecified atom stereocenters. The van der Waals surface area contributed by atoms with Crippen molar-refractivity contribution < 1.29 is 19.4 Å². The van der Waals surface area contributed by atoms with Gasteiger partial charge in [0.2, 0.25) is 0 Å². The van der Waals surface area contributed by atoms with Gasteiger partial charge in [0, 0.05) is 23.9 Å². The molecule has 3 aromatic rings. The van der Waals surface area contributed by atoms with Crippen LogP contribution >= 0.6 is 0 Å². The molecule has 32 heavy (non-hydrogen) atoms. The van der Waals surface area contributed by atoms with Crippen LogP contribution in [0.2, 0.25) is 0 Å². The fourth-order valence-corrected chi connectivity index (χ4v) is 4.37. The Morgan fingerprint density at radius 2 is 1.94 bits per heavy atom. The molecule has 0 spiro atoms. The average Bonchev–Trinajstić information content (AvgIpc) is 3.38. The molecule has 0 aliphatic carbocycles. The topological polar surface area (TPSA) is 79.7 Å². The number of anilines is 1. The summed E-state index contributed by atoms with van der Waals surface area (Å²) in [5, 5.41) is 11.3. The lowest BCUT2D eigenvalue weighted by Crippen LogP contribution is -2.30. The Morgan fingerprint density at radius 3 is 2.72 bits per heavy atom. The zero-order valence-electron chi connectivity index (χ0n) is 17.8. The Bertz CT molecular complexity index is 1280. The van der Waals surface area contributed by atoms with Crippen LogP contribution in [0.4, 0.5) is 5.69 Å². The number of ketones is 1. The van der Waals surface area contributed by atoms with E-state index < -0.39 is 17.7 Å². The van der Waals surface area contributed by atoms with Crippen molar-refractivity contribution in [3.05, 3.63) is 94.3 Å². The first-order valence-corrected chi connectivity index (χ1v) is 10.5. The summed E-state index contributed by atoms with van der Waals surface area (Å²) in [6.45, 7) is 4.41. The number of Topliss-reactive ketones (excluding diaryl/α,β-unsaturated/α-hetero) is 1. The maximum atomic E-state index is 13.3. The Kier molecular flexibility index (Phi) is 4.78. The number of aromatic nitrogens is 1. The maximum Gasteiger partial charge on any atom is 0.300 e. The molecule has 6 nitrogen and oxygen atoms in total. The molecule has 0 saturated carbocycles. The molecule has 2 aliphatic heterocycles. The van der Waals surface area contributed by atoms with E-state index in [1.54, 1.807) is 36.5 Å². The summed E-state index contributed by atoms with van der Waals surface area (Å²) < 4.78 is 5.55. The fraction of sp³-hybridized carbons (Fsp3) is 0.192. The monoisotopic (exact) mass is 426 g/mol. The number of hydrogen-bond donors (Lipinski definition) is 1. The van der Waals surface area contributed by atoms with Gasteiger partial charge in [0.25, 0.3) is 11.7 Å². The molecule has 0 bridgehead atoms. The number of aliphatic hydroxyl groups is 1. The van der Waals surface area contributed by atoms with Crippen molar-refractivity contribution in [3.8, 4) is 5.75 Å². The Morgan fingerprint density at radius 1 is 1.09 bits per heavy atom. The van der Waals surface area contributed by atoms with Gasteiger partial charge in [-0.3, -0.25) is 19.5 Å². The van der Waals surface area contributed by atoms with E-state index >= 15 is 0 Å². The van der Waals surface area contributed by atoms with Crippen LogP contribution in [-0.2, 0) is 16.0 Å². The number of fused-ring (bicyclic) bond motifs is 1. The van der Waals surface area contributed by atoms with E-state index in [1.807, 2.05) is 38.1 Å². The van der Waals surface area contributed by atoms with Gasteiger partial charge in [-0.25, -0.2) is 0 Å². The van der Waals surface area contributed by atoms with Crippen molar-refractivity contribution >= 4 is 23.1 Å². The summed E-state index contributed by atoms with van der Waals surface area (Å²) in [4.78, 5) is 32.4. The number of aryl methyl sites for hydroxylation is 2. The quantitative estimate of drug-likeness (QED) is 0.385. The van der Waals surface area contributed by atoms with E-state index in [2.05, 4.69) is 4.98 Å². The molecule has 0 radical (unpaired) electrons. The van der Waals surface area contributed by atoms with Crippen LogP contribution in [0.15, 0.2) is 66.4 Å². The number of carbonyl (C=O) groups is 2. The van der Waals surface area contributed by atoms with Crippen molar-refractivity contribution in [1.29, 1.82) is 0 Å². The highest BCUT2D eigenvalue weighted by Gasteiger charge is 2.48. The summed E-state index contributed by atoms with van der Waals surface area (Å²) in [5.74, 6) is -0.837. The number of nitrogens with zero attached hydrogens (tertiary/aromatic N) is 2. The zero-order chi connectivity index (χ0) is 22.4. The van der Waals surface area contributed by atoms with Gasteiger partial charge in [-0.05, 0) is 66.9 Å². The van der Waals surface area contributed by atoms with Crippen LogP contribution in [0, 0.1) is 13.8 Å². The van der Waals surface area contributed by atoms with Crippen molar-refractivity contribution in [3.63, 3.8) is 0 Å². The van der Waals surface area contributed by atoms with E-state index in [1.165, 1.54) is 4.90 Å². The smallest absolute Gasteiger partial charge is 0.300 e. The van der Waals surface area contributed by atoms with Gasteiger partial charge in [-0.2, -0.15) is 0 Å². The van der Waals surface area contributed by atoms with E-state index in [9.17, 15) is 14.7 Å². The first-order chi connectivity index (χ1) is 15.5. The Hall–Kier alpha value is -3.93. The molecule has 6 heteroatoms. The largest absolute Gasteiger partial charge is 0.507 e. The number of aliphatic hydroxyl groups excluding tert-OH is 1. The van der Waals surface area contributed by atoms with Gasteiger partial charge in [0.15, 0.2) is 0 Å². The van der Waals surface area contributed by atoms with Gasteiger partial charge < -0.3 is 9.84 Å². The molecule has 1 N–H and O–H groups in total. The van der Waals surface area contributed by atoms with E-state index in [0.717, 1.165) is 28.9 Å². The van der Waals surface area contributed by atoms with Crippen molar-refractivity contribution in [1.82, 2.24) is 4.98 Å². The predicted octanol–water partition coefficient (Wildman–Crippen LogP) is 4.26. The van der Waals surface area contributed by atoms with Gasteiger partial charge in [0.05, 0.1) is 17.9 Å². The summed E-state index contributed by atoms with van der Waals surface area (Å²) in [5.41, 5.74) is 4.44. The lowest BCUT2D eigenvalue weighted by Gasteiger charge is -2.26. The van der Waals surface area contributed by atoms with Gasteiger partial charge in [-0.1, -0.05) is 18.2 Å². The number of benzene rings is 2. The van der Waals surface area contributed by atoms with Gasteiger partial charge >= 0.3 is 0 Å². The molecule has 1 amide bonds. The van der Waals surface area contributed by atoms with E-state index in [-0.39, 0.29) is 11.3 Å². The molecule has 2 aromatic carbocycles. The normalized spacial score (nSPS) is 19.2. The number of amides is 1. The second-order valence-electron chi connectivity index (χ2n) is 8.13. The molecule has 1 fully saturated rings. The second kappa shape index (κ2) is 7.64. The summed E-state index contributed by atoms with van der Waals surface area (Å²) >= 11 is 0. The van der Waals surface area contributed by atoms with Crippen molar-refractivity contribution in [2.75, 3.05) is 11.5 Å². The van der Waals surface area contributed by atoms with Crippen LogP contribution in [0.1, 0.15) is 34.0 Å². The minimum absolute atomic E-state index is 0.0356. The van der Waals surface area contributed by atoms with Crippen molar-refractivity contribution in [2.45, 2.75) is 26.3 Å². The third-order valence-electron chi connectivity index (χ3n) is 6.00. The number of pyridine rings is 1. The van der Waals surface area contributed by atoms with E-state index in [0.29, 0.717) is 23.6 Å². The van der Waals surface area contributed by atoms with Gasteiger partial charge in [0.1, 0.15) is 17.6 Å². The van der Waals surface area contributed by atoms with Crippen molar-refractivity contribution in [2.24, 2.45) is 0 Å². The molecule has 160 valence electrons. The Labute approximate surface area is 185 Å². The standard InChI is InChI=1S/C26H22N2O4/c1-15-6-7-16(2)20(13-15)28-23(19-5-3-4-11-27-19)22(25(30)26(28)31)24(29)18-8-9-21-17(14-18)10-12-32-21/h3-9,11,13-14,23,29H,10,12H2,1-2H3/b24-22-. The summed E-state index contributed by atoms with van der Waals surface area (Å²) in [6.07, 6.45) is 2.35. The highest BCUT2D eigenvalue weighted by Crippen LogP contribution is 2.43. The number of ether oxygens (including phenoxy) is 1. The van der Waals surface area contributed by atoms with E-state index in [4.69, 9.17) is 4.74 Å². The summed E-state index contributed by atoms with van der Waals surface area (Å²) in [7, 11) is 0. The summed E-state index contributed by atoms with van der Waals surface area (Å²) in [6, 6.07) is 15.6. The van der Waals surface area contributed by atoms with Crippen LogP contribution in [0.3, 0.4) is 0 Å². The molecular formula is C26H22N2O4. The fourth-order valence-electron chi connectivity index (χ4n) is 4.37. The molecule has 3 heterocycles. The Balaban J connectivity index is 1.73. The molecule has 1 atom stereocenters. The number of hydrogen-bond acceptors (Lipinski definition) is 5. The SMILES string of the molecule is Cc1ccc(C)c(N2C(=O)C(=O)/C(=C(\O)c3ccc4c(c3)CCO4)C2c2ccccn2)c1. The third kappa shape index (κ3) is 3.15. The first kappa shape index (κ1) is 20.0. The lowest BCUT2D eigenvalue weighted by molar-refractivity contribution is -0.132. The average molecular weight is 426 g/mol. The van der Waals surface area contributed by atoms with Gasteiger partial charge in [-0.15, -0.1) is 0 Å². The molecular weight excluding hydrogens is 404 g/mol. The lowest BCUT2D eigenvalue weighted by atomic mass is 9.96. The zero-order valence-corrected chi connectivity index (χ0v) is 17.8. The maximum absolute atomic E-state index is 13.3. The van der Waals surface area contributed by atoms with Crippen LogP contribution in [0.25, 0.3) is 5.76 Å². The highest BCUT2D eigenvalue weighted by atomic mass is 16.5. The third-order valence-corrected chi connectivity index (χ3v) is 6.00. The minimum atomic E-state index is -0.832. The number of rotatable bonds is 3.